The van der Waals surface area contributed by atoms with E-state index in [1.807, 2.05) is 18.2 Å². The number of nitrogens with zero attached hydrogens (tertiary/aromatic N) is 2. The van der Waals surface area contributed by atoms with Crippen molar-refractivity contribution in [1.82, 2.24) is 9.13 Å². The van der Waals surface area contributed by atoms with Gasteiger partial charge in [-0.25, -0.2) is 0 Å². The van der Waals surface area contributed by atoms with Crippen molar-refractivity contribution >= 4 is 117 Å². The van der Waals surface area contributed by atoms with Crippen LogP contribution in [0.5, 0.6) is 0 Å². The Hall–Kier alpha value is -9.26. The second kappa shape index (κ2) is 14.6. The van der Waals surface area contributed by atoms with Gasteiger partial charge in [0.15, 0.2) is 0 Å². The number of benzene rings is 10. The summed E-state index contributed by atoms with van der Waals surface area (Å²) in [7, 11) is 0. The highest BCUT2D eigenvalue weighted by Gasteiger charge is 2.25. The Balaban J connectivity index is 1.01. The molecule has 0 amide bonds. The van der Waals surface area contributed by atoms with Gasteiger partial charge in [-0.3, -0.25) is 0 Å². The molecule has 1 aliphatic carbocycles. The molecular formula is C64H40N4O2. The summed E-state index contributed by atoms with van der Waals surface area (Å²) >= 11 is 0. The van der Waals surface area contributed by atoms with Gasteiger partial charge in [0.25, 0.3) is 0 Å². The fourth-order valence-electron chi connectivity index (χ4n) is 11.8. The first-order chi connectivity index (χ1) is 34.6. The van der Waals surface area contributed by atoms with Crippen molar-refractivity contribution < 1.29 is 8.83 Å². The van der Waals surface area contributed by atoms with Gasteiger partial charge in [-0.2, -0.15) is 0 Å². The number of furan rings is 2. The monoisotopic (exact) mass is 896 g/mol. The van der Waals surface area contributed by atoms with Gasteiger partial charge in [0.2, 0.25) is 0 Å². The van der Waals surface area contributed by atoms with Gasteiger partial charge in [-0.05, 0) is 141 Å². The van der Waals surface area contributed by atoms with Gasteiger partial charge in [-0.15, -0.1) is 0 Å². The molecule has 0 aliphatic heterocycles. The maximum Gasteiger partial charge on any atom is 0.136 e. The molecule has 0 atom stereocenters. The fraction of sp³-hybridized carbons (Fsp3) is 0.0312. The minimum absolute atomic E-state index is 0.708. The average Bonchev–Trinajstić information content (AvgIpc) is 4.17. The van der Waals surface area contributed by atoms with Crippen LogP contribution in [-0.2, 0) is 6.42 Å². The number of aryl methyl sites for hydroxylation is 1. The van der Waals surface area contributed by atoms with Crippen molar-refractivity contribution in [1.29, 1.82) is 10.8 Å². The van der Waals surface area contributed by atoms with E-state index in [0.29, 0.717) is 11.1 Å². The highest BCUT2D eigenvalue weighted by molar-refractivity contribution is 6.24. The van der Waals surface area contributed by atoms with E-state index in [1.54, 1.807) is 0 Å². The smallest absolute Gasteiger partial charge is 0.136 e. The summed E-state index contributed by atoms with van der Waals surface area (Å²) in [5, 5.41) is 30.3. The maximum atomic E-state index is 9.10. The first-order valence-electron chi connectivity index (χ1n) is 23.9. The largest absolute Gasteiger partial charge is 0.456 e. The molecule has 328 valence electrons. The zero-order valence-electron chi connectivity index (χ0n) is 37.8. The molecule has 4 heterocycles. The third-order valence-corrected chi connectivity index (χ3v) is 14.9. The molecule has 0 unspecified atom stereocenters. The normalized spacial score (nSPS) is 12.8. The first kappa shape index (κ1) is 38.8. The average molecular weight is 897 g/mol. The van der Waals surface area contributed by atoms with Gasteiger partial charge in [0.1, 0.15) is 22.5 Å². The molecule has 4 aromatic heterocycles. The summed E-state index contributed by atoms with van der Waals surface area (Å²) in [5.74, 6) is 0.966. The number of para-hydroxylation sites is 1. The number of fused-ring (bicyclic) bond motifs is 16. The predicted molar refractivity (Wildman–Crippen MR) is 291 cm³/mol. The number of hydrogen-bond acceptors (Lipinski definition) is 4. The molecule has 6 heteroatoms. The lowest BCUT2D eigenvalue weighted by Crippen LogP contribution is -2.08. The Labute approximate surface area is 400 Å². The summed E-state index contributed by atoms with van der Waals surface area (Å²) in [5.41, 5.74) is 15.6. The van der Waals surface area contributed by atoms with Crippen LogP contribution in [0.4, 0.5) is 0 Å². The zero-order chi connectivity index (χ0) is 46.2. The second-order valence-electron chi connectivity index (χ2n) is 18.7. The summed E-state index contributed by atoms with van der Waals surface area (Å²) in [6.45, 7) is 0. The van der Waals surface area contributed by atoms with Crippen molar-refractivity contribution in [2.24, 2.45) is 0 Å². The maximum absolute atomic E-state index is 9.10. The van der Waals surface area contributed by atoms with E-state index >= 15 is 0 Å². The molecule has 15 rings (SSSR count). The molecule has 0 spiro atoms. The number of aromatic nitrogens is 2. The number of rotatable bonds is 6. The quantitative estimate of drug-likeness (QED) is 0.163. The van der Waals surface area contributed by atoms with Crippen molar-refractivity contribution in [3.8, 4) is 33.6 Å². The van der Waals surface area contributed by atoms with Crippen LogP contribution in [0.25, 0.3) is 138 Å². The number of hydrogen-bond donors (Lipinski definition) is 2. The molecule has 0 bridgehead atoms. The van der Waals surface area contributed by atoms with Crippen molar-refractivity contribution in [3.05, 3.63) is 211 Å². The van der Waals surface area contributed by atoms with Gasteiger partial charge >= 0.3 is 0 Å². The molecule has 0 saturated heterocycles. The van der Waals surface area contributed by atoms with Crippen LogP contribution in [0, 0.1) is 10.8 Å². The summed E-state index contributed by atoms with van der Waals surface area (Å²) in [6.07, 6.45) is 9.16. The summed E-state index contributed by atoms with van der Waals surface area (Å²) in [6, 6.07) is 65.1. The topological polar surface area (TPSA) is 83.8 Å². The van der Waals surface area contributed by atoms with E-state index in [0.717, 1.165) is 145 Å². The van der Waals surface area contributed by atoms with Crippen LogP contribution < -0.4 is 0 Å². The van der Waals surface area contributed by atoms with Crippen LogP contribution >= 0.6 is 0 Å². The Kier molecular flexibility index (Phi) is 8.10. The Morgan fingerprint density at radius 2 is 0.986 bits per heavy atom. The van der Waals surface area contributed by atoms with Crippen molar-refractivity contribution in [2.45, 2.75) is 12.8 Å². The summed E-state index contributed by atoms with van der Waals surface area (Å²) in [4.78, 5) is 0. The Bertz CT molecular complexity index is 4650. The molecule has 1 aliphatic rings. The highest BCUT2D eigenvalue weighted by atomic mass is 16.3. The third kappa shape index (κ3) is 5.50. The molecule has 0 fully saturated rings. The van der Waals surface area contributed by atoms with Crippen LogP contribution in [0.2, 0.25) is 0 Å². The minimum Gasteiger partial charge on any atom is -0.456 e. The highest BCUT2D eigenvalue weighted by Crippen LogP contribution is 2.45. The molecule has 2 N–H and O–H groups in total. The van der Waals surface area contributed by atoms with E-state index in [2.05, 4.69) is 185 Å². The Morgan fingerprint density at radius 3 is 1.67 bits per heavy atom. The molecule has 70 heavy (non-hydrogen) atoms. The van der Waals surface area contributed by atoms with E-state index < -0.39 is 0 Å². The Morgan fingerprint density at radius 1 is 0.429 bits per heavy atom. The van der Waals surface area contributed by atoms with Gasteiger partial charge in [0.05, 0.1) is 33.4 Å². The van der Waals surface area contributed by atoms with Crippen LogP contribution in [-0.4, -0.2) is 21.6 Å². The molecule has 6 nitrogen and oxygen atoms in total. The zero-order valence-corrected chi connectivity index (χ0v) is 37.8. The van der Waals surface area contributed by atoms with Crippen LogP contribution in [0.1, 0.15) is 28.9 Å². The minimum atomic E-state index is 0.708. The molecule has 0 radical (unpaired) electrons. The van der Waals surface area contributed by atoms with E-state index in [1.165, 1.54) is 23.4 Å². The number of allylic oxidation sites excluding steroid dienone is 1. The first-order valence-corrected chi connectivity index (χ1v) is 23.9. The lowest BCUT2D eigenvalue weighted by atomic mass is 9.97. The standard InChI is InChI=1S/C64H40N4O2/c65-35-37-29-44(36-66)64(68-54-26-22-41(32-52(54)63-46-12-4-2-10-39(46)20-28-56(63)68)43-18-24-50-48-14-6-8-16-59(48)70-61(50)34-43)57(30-37)67-53-25-21-40(31-51(53)62-45-11-3-1-9-38(45)19-27-55(62)67)42-17-23-49-47-13-5-7-15-58(47)69-60(49)33-42/h1-5,7-13,15-36,65-66H,6,14H2. The predicted octanol–water partition coefficient (Wildman–Crippen LogP) is 17.1. The lowest BCUT2D eigenvalue weighted by molar-refractivity contribution is 0.595. The van der Waals surface area contributed by atoms with Crippen LogP contribution in [0.15, 0.2) is 197 Å². The number of nitrogens with one attached hydrogen (secondary N) is 2. The molecule has 0 saturated carbocycles. The lowest BCUT2D eigenvalue weighted by Gasteiger charge is -2.20. The second-order valence-corrected chi connectivity index (χ2v) is 18.7. The summed E-state index contributed by atoms with van der Waals surface area (Å²) < 4.78 is 17.5. The van der Waals surface area contributed by atoms with Gasteiger partial charge in [-0.1, -0.05) is 115 Å². The molecule has 14 aromatic rings. The van der Waals surface area contributed by atoms with E-state index in [4.69, 9.17) is 19.7 Å². The van der Waals surface area contributed by atoms with Gasteiger partial charge in [0, 0.05) is 61.3 Å². The SMILES string of the molecule is N=Cc1cc(C=N)c(-n2c3ccc(-c4ccc5c6c(oc5c4)C=CCC6)cc3c3c4ccccc4ccc32)c(-n2c3ccc(-c4ccc5c(c4)oc4ccccc45)cc3c3c4ccccc4ccc32)c1. The van der Waals surface area contributed by atoms with E-state index in [9.17, 15) is 0 Å². The van der Waals surface area contributed by atoms with Crippen molar-refractivity contribution in [2.75, 3.05) is 0 Å². The third-order valence-electron chi connectivity index (χ3n) is 14.9. The molecular weight excluding hydrogens is 857 g/mol. The molecule has 10 aromatic carbocycles. The van der Waals surface area contributed by atoms with Gasteiger partial charge < -0.3 is 28.8 Å². The fourth-order valence-corrected chi connectivity index (χ4v) is 11.8. The van der Waals surface area contributed by atoms with Crippen LogP contribution in [0.3, 0.4) is 0 Å². The van der Waals surface area contributed by atoms with E-state index in [-0.39, 0.29) is 0 Å². The van der Waals surface area contributed by atoms with Crippen molar-refractivity contribution in [3.63, 3.8) is 0 Å².